The van der Waals surface area contributed by atoms with Crippen LogP contribution in [0, 0.1) is 29.6 Å². The number of carbonyl (C=O) groups excluding carboxylic acids is 2. The van der Waals surface area contributed by atoms with E-state index in [2.05, 4.69) is 15.9 Å². The van der Waals surface area contributed by atoms with Gasteiger partial charge in [-0.3, -0.25) is 4.79 Å². The summed E-state index contributed by atoms with van der Waals surface area (Å²) in [5.74, 6) is -0.280. The second kappa shape index (κ2) is 13.6. The number of nitriles is 2. The number of ketones is 1. The average Bonchev–Trinajstić information content (AvgIpc) is 3.21. The van der Waals surface area contributed by atoms with Crippen LogP contribution in [0.15, 0.2) is 40.4 Å². The van der Waals surface area contributed by atoms with E-state index in [0.29, 0.717) is 42.0 Å². The molecular weight excluding hydrogens is 627 g/mol. The lowest BCUT2D eigenvalue weighted by molar-refractivity contribution is -0.114. The van der Waals surface area contributed by atoms with E-state index in [1.807, 2.05) is 12.1 Å². The number of nitrogens with zero attached hydrogens (tertiary/aromatic N) is 2. The van der Waals surface area contributed by atoms with Crippen molar-refractivity contribution in [2.75, 3.05) is 13.7 Å². The predicted octanol–water partition coefficient (Wildman–Crippen LogP) is 7.48. The number of halogens is 3. The summed E-state index contributed by atoms with van der Waals surface area (Å²) in [6.45, 7) is 3.65. The molecular formula is C28H21BrCl2N2O5S. The molecule has 11 heteroatoms. The maximum atomic E-state index is 13.1. The third kappa shape index (κ3) is 7.20. The summed E-state index contributed by atoms with van der Waals surface area (Å²) in [5, 5.41) is 20.3. The lowest BCUT2D eigenvalue weighted by Gasteiger charge is -2.14. The van der Waals surface area contributed by atoms with Crippen LogP contribution in [0.1, 0.15) is 43.7 Å². The Hall–Kier alpha value is -3.34. The molecule has 0 bridgehead atoms. The molecule has 1 aromatic heterocycles. The van der Waals surface area contributed by atoms with Gasteiger partial charge in [0.25, 0.3) is 0 Å². The smallest absolute Gasteiger partial charge is 0.348 e. The van der Waals surface area contributed by atoms with Crippen molar-refractivity contribution in [1.82, 2.24) is 0 Å². The summed E-state index contributed by atoms with van der Waals surface area (Å²) in [6, 6.07) is 12.4. The highest BCUT2D eigenvalue weighted by atomic mass is 79.9. The SMILES string of the molecule is CCOC(=O)c1sc(CC(=O)/C(C#N)=C/c2cc(Br)c(OCc3ccc(Cl)cc3Cl)c(OC)c2)c(C#N)c1C. The molecule has 3 aromatic rings. The first-order valence-corrected chi connectivity index (χ1v) is 13.8. The van der Waals surface area contributed by atoms with Crippen LogP contribution < -0.4 is 9.47 Å². The summed E-state index contributed by atoms with van der Waals surface area (Å²) in [6.07, 6.45) is 1.21. The molecule has 3 rings (SSSR count). The molecule has 0 aliphatic rings. The molecule has 7 nitrogen and oxygen atoms in total. The third-order valence-electron chi connectivity index (χ3n) is 5.48. The number of hydrogen-bond donors (Lipinski definition) is 0. The zero-order chi connectivity index (χ0) is 28.7. The first-order valence-electron chi connectivity index (χ1n) is 11.4. The molecule has 39 heavy (non-hydrogen) atoms. The molecule has 0 saturated heterocycles. The minimum atomic E-state index is -0.552. The molecule has 0 fully saturated rings. The Labute approximate surface area is 248 Å². The van der Waals surface area contributed by atoms with Gasteiger partial charge in [-0.05, 0) is 71.2 Å². The number of allylic oxidation sites excluding steroid dienone is 1. The Morgan fingerprint density at radius 3 is 2.54 bits per heavy atom. The number of ether oxygens (including phenoxy) is 3. The number of methoxy groups -OCH3 is 1. The van der Waals surface area contributed by atoms with Crippen molar-refractivity contribution in [2.24, 2.45) is 0 Å². The first-order chi connectivity index (χ1) is 18.6. The number of hydrogen-bond acceptors (Lipinski definition) is 8. The zero-order valence-electron chi connectivity index (χ0n) is 21.1. The van der Waals surface area contributed by atoms with Crippen LogP contribution in [0.3, 0.4) is 0 Å². The molecule has 1 heterocycles. The third-order valence-corrected chi connectivity index (χ3v) is 7.93. The van der Waals surface area contributed by atoms with Crippen molar-refractivity contribution in [3.8, 4) is 23.6 Å². The fourth-order valence-corrected chi connectivity index (χ4v) is 5.76. The zero-order valence-corrected chi connectivity index (χ0v) is 25.0. The Bertz CT molecular complexity index is 1550. The van der Waals surface area contributed by atoms with Crippen LogP contribution in [0.4, 0.5) is 0 Å². The van der Waals surface area contributed by atoms with Gasteiger partial charge in [0.1, 0.15) is 23.6 Å². The van der Waals surface area contributed by atoms with Crippen molar-refractivity contribution < 1.29 is 23.8 Å². The van der Waals surface area contributed by atoms with Crippen molar-refractivity contribution in [3.05, 3.63) is 82.4 Å². The number of esters is 1. The van der Waals surface area contributed by atoms with E-state index in [-0.39, 0.29) is 35.6 Å². The lowest BCUT2D eigenvalue weighted by Crippen LogP contribution is -2.05. The highest BCUT2D eigenvalue weighted by molar-refractivity contribution is 9.10. The minimum absolute atomic E-state index is 0.127. The number of Topliss-reactive ketones (excluding diaryl/α,β-unsaturated/α-hetero) is 1. The number of benzene rings is 2. The van der Waals surface area contributed by atoms with Gasteiger partial charge >= 0.3 is 5.97 Å². The summed E-state index contributed by atoms with van der Waals surface area (Å²) in [4.78, 5) is 25.9. The first kappa shape index (κ1) is 30.2. The highest BCUT2D eigenvalue weighted by Gasteiger charge is 2.23. The van der Waals surface area contributed by atoms with Crippen LogP contribution >= 0.6 is 50.5 Å². The normalized spacial score (nSPS) is 10.9. The van der Waals surface area contributed by atoms with E-state index < -0.39 is 11.8 Å². The quantitative estimate of drug-likeness (QED) is 0.127. The van der Waals surface area contributed by atoms with Crippen LogP contribution in [0.25, 0.3) is 6.08 Å². The monoisotopic (exact) mass is 646 g/mol. The van der Waals surface area contributed by atoms with E-state index in [1.165, 1.54) is 13.2 Å². The molecule has 0 amide bonds. The van der Waals surface area contributed by atoms with Gasteiger partial charge in [-0.1, -0.05) is 29.3 Å². The van der Waals surface area contributed by atoms with E-state index in [9.17, 15) is 20.1 Å². The van der Waals surface area contributed by atoms with Crippen molar-refractivity contribution in [2.45, 2.75) is 26.9 Å². The largest absolute Gasteiger partial charge is 0.493 e. The van der Waals surface area contributed by atoms with E-state index in [0.717, 1.165) is 16.9 Å². The molecule has 0 unspecified atom stereocenters. The Morgan fingerprint density at radius 2 is 1.92 bits per heavy atom. The maximum absolute atomic E-state index is 13.1. The van der Waals surface area contributed by atoms with Crippen LogP contribution in [0.2, 0.25) is 10.0 Å². The minimum Gasteiger partial charge on any atom is -0.493 e. The Morgan fingerprint density at radius 1 is 1.18 bits per heavy atom. The van der Waals surface area contributed by atoms with Gasteiger partial charge in [0.05, 0.1) is 29.3 Å². The molecule has 0 radical (unpaired) electrons. The second-order valence-corrected chi connectivity index (χ2v) is 10.8. The molecule has 0 saturated carbocycles. The predicted molar refractivity (Wildman–Crippen MR) is 154 cm³/mol. The van der Waals surface area contributed by atoms with E-state index >= 15 is 0 Å². The van der Waals surface area contributed by atoms with Gasteiger partial charge in [-0.2, -0.15) is 10.5 Å². The van der Waals surface area contributed by atoms with Gasteiger partial charge in [0.15, 0.2) is 17.3 Å². The highest BCUT2D eigenvalue weighted by Crippen LogP contribution is 2.38. The topological polar surface area (TPSA) is 109 Å². The Balaban J connectivity index is 1.86. The summed E-state index contributed by atoms with van der Waals surface area (Å²) >= 11 is 16.7. The van der Waals surface area contributed by atoms with Gasteiger partial charge in [0.2, 0.25) is 0 Å². The van der Waals surface area contributed by atoms with Gasteiger partial charge in [-0.25, -0.2) is 4.79 Å². The molecule has 0 spiro atoms. The van der Waals surface area contributed by atoms with Crippen molar-refractivity contribution >= 4 is 68.3 Å². The van der Waals surface area contributed by atoms with Gasteiger partial charge < -0.3 is 14.2 Å². The van der Waals surface area contributed by atoms with Crippen molar-refractivity contribution in [1.29, 1.82) is 10.5 Å². The van der Waals surface area contributed by atoms with Crippen LogP contribution in [-0.2, 0) is 22.6 Å². The number of thiophene rings is 1. The molecule has 0 N–H and O–H groups in total. The standard InChI is InChI=1S/C28H21BrCl2N2O5S/c1-4-37-28(35)27-15(2)20(13-33)25(39-27)11-23(34)18(12-32)7-16-8-21(29)26(24(9-16)36-3)38-14-17-5-6-19(30)10-22(17)31/h5-10H,4,11,14H2,1-3H3/b18-7+. The fraction of sp³-hybridized carbons (Fsp3) is 0.214. The molecule has 2 aromatic carbocycles. The summed E-state index contributed by atoms with van der Waals surface area (Å²) in [5.41, 5.74) is 1.80. The average molecular weight is 648 g/mol. The van der Waals surface area contributed by atoms with Crippen LogP contribution in [0.5, 0.6) is 11.5 Å². The van der Waals surface area contributed by atoms with E-state index in [1.54, 1.807) is 44.2 Å². The van der Waals surface area contributed by atoms with E-state index in [4.69, 9.17) is 37.4 Å². The van der Waals surface area contributed by atoms with Crippen molar-refractivity contribution in [3.63, 3.8) is 0 Å². The molecule has 0 aliphatic heterocycles. The maximum Gasteiger partial charge on any atom is 0.348 e. The number of carbonyl (C=O) groups is 2. The molecule has 0 aliphatic carbocycles. The molecule has 0 atom stereocenters. The summed E-state index contributed by atoms with van der Waals surface area (Å²) in [7, 11) is 1.47. The number of rotatable bonds is 10. The second-order valence-electron chi connectivity index (χ2n) is 8.01. The van der Waals surface area contributed by atoms with Gasteiger partial charge in [0, 0.05) is 26.9 Å². The fourth-order valence-electron chi connectivity index (χ4n) is 3.57. The lowest BCUT2D eigenvalue weighted by atomic mass is 10.0. The van der Waals surface area contributed by atoms with Gasteiger partial charge in [-0.15, -0.1) is 11.3 Å². The summed E-state index contributed by atoms with van der Waals surface area (Å²) < 4.78 is 17.0. The molecule has 200 valence electrons. The Kier molecular flexibility index (Phi) is 10.6. The van der Waals surface area contributed by atoms with Crippen LogP contribution in [-0.4, -0.2) is 25.5 Å².